The highest BCUT2D eigenvalue weighted by Crippen LogP contribution is 2.11. The van der Waals surface area contributed by atoms with Gasteiger partial charge in [-0.15, -0.1) is 10.2 Å². The van der Waals surface area contributed by atoms with E-state index in [0.29, 0.717) is 5.06 Å². The summed E-state index contributed by atoms with van der Waals surface area (Å²) in [5, 5.41) is 9.53. The molecule has 10 heteroatoms. The van der Waals surface area contributed by atoms with Gasteiger partial charge in [0.25, 0.3) is 11.8 Å². The van der Waals surface area contributed by atoms with Crippen molar-refractivity contribution in [2.24, 2.45) is 10.4 Å². The van der Waals surface area contributed by atoms with E-state index in [9.17, 15) is 19.2 Å². The molecule has 0 atom stereocenters. The van der Waals surface area contributed by atoms with E-state index in [2.05, 4.69) is 20.5 Å². The van der Waals surface area contributed by atoms with Gasteiger partial charge in [0.15, 0.2) is 0 Å². The first kappa shape index (κ1) is 18.0. The Kier molecular flexibility index (Phi) is 6.57. The molecule has 1 aliphatic rings. The van der Waals surface area contributed by atoms with Crippen LogP contribution in [-0.2, 0) is 35.5 Å². The van der Waals surface area contributed by atoms with Crippen molar-refractivity contribution in [3.05, 3.63) is 35.9 Å². The number of nitrogens with one attached hydrogen (secondary N) is 1. The summed E-state index contributed by atoms with van der Waals surface area (Å²) in [5.74, 6) is -2.71. The molecule has 0 saturated carbocycles. The minimum absolute atomic E-state index is 0.00182. The number of hydroxylamine groups is 2. The molecular formula is C15H16N4O6. The van der Waals surface area contributed by atoms with E-state index in [0.717, 1.165) is 5.56 Å². The van der Waals surface area contributed by atoms with Crippen LogP contribution < -0.4 is 5.32 Å². The van der Waals surface area contributed by atoms with Gasteiger partial charge in [-0.25, -0.2) is 4.79 Å². The number of carbonyl (C=O) groups is 4. The van der Waals surface area contributed by atoms with E-state index in [4.69, 9.17) is 4.84 Å². The number of hydrogen-bond donors (Lipinski definition) is 1. The molecule has 25 heavy (non-hydrogen) atoms. The van der Waals surface area contributed by atoms with Crippen molar-refractivity contribution in [1.29, 1.82) is 0 Å². The summed E-state index contributed by atoms with van der Waals surface area (Å²) in [4.78, 5) is 55.0. The molecule has 1 aromatic carbocycles. The van der Waals surface area contributed by atoms with Crippen molar-refractivity contribution in [1.82, 2.24) is 10.4 Å². The van der Waals surface area contributed by atoms with Crippen molar-refractivity contribution < 1.29 is 28.9 Å². The number of imide groups is 1. The van der Waals surface area contributed by atoms with E-state index in [1.165, 1.54) is 0 Å². The van der Waals surface area contributed by atoms with Crippen LogP contribution in [0.5, 0.6) is 0 Å². The van der Waals surface area contributed by atoms with Crippen LogP contribution in [0.3, 0.4) is 0 Å². The fourth-order valence-electron chi connectivity index (χ4n) is 1.83. The molecule has 1 heterocycles. The van der Waals surface area contributed by atoms with Crippen LogP contribution in [0, 0.1) is 0 Å². The van der Waals surface area contributed by atoms with E-state index in [-0.39, 0.29) is 26.0 Å². The average Bonchev–Trinajstić information content (AvgIpc) is 2.92. The average molecular weight is 348 g/mol. The van der Waals surface area contributed by atoms with E-state index < -0.39 is 30.2 Å². The Morgan fingerprint density at radius 2 is 1.80 bits per heavy atom. The first-order chi connectivity index (χ1) is 12.1. The maximum atomic E-state index is 11.5. The van der Waals surface area contributed by atoms with Crippen LogP contribution >= 0.6 is 0 Å². The lowest BCUT2D eigenvalue weighted by molar-refractivity contribution is -0.196. The number of rotatable bonds is 8. The second kappa shape index (κ2) is 9.11. The zero-order valence-corrected chi connectivity index (χ0v) is 13.2. The molecular weight excluding hydrogens is 332 g/mol. The van der Waals surface area contributed by atoms with Gasteiger partial charge < -0.3 is 15.0 Å². The Morgan fingerprint density at radius 1 is 1.12 bits per heavy atom. The molecule has 132 valence electrons. The monoisotopic (exact) mass is 348 g/mol. The summed E-state index contributed by atoms with van der Waals surface area (Å²) < 4.78 is 0. The molecule has 0 radical (unpaired) electrons. The highest BCUT2D eigenvalue weighted by atomic mass is 16.7. The number of hydrogen-bond acceptors (Lipinski definition) is 8. The second-order valence-electron chi connectivity index (χ2n) is 4.96. The van der Waals surface area contributed by atoms with E-state index in [1.54, 1.807) is 0 Å². The molecule has 0 spiro atoms. The molecule has 2 rings (SSSR count). The van der Waals surface area contributed by atoms with E-state index in [1.807, 2.05) is 30.3 Å². The SMILES string of the molecule is O=C(CN=NOCc1ccccc1)NCC(=O)ON1C(=O)CCC1=O. The first-order valence-corrected chi connectivity index (χ1v) is 7.42. The van der Waals surface area contributed by atoms with Crippen molar-refractivity contribution in [3.8, 4) is 0 Å². The zero-order valence-electron chi connectivity index (χ0n) is 13.2. The van der Waals surface area contributed by atoms with Gasteiger partial charge in [-0.05, 0) is 5.56 Å². The maximum Gasteiger partial charge on any atom is 0.352 e. The molecule has 0 aliphatic carbocycles. The molecule has 1 aromatic rings. The Bertz CT molecular complexity index is 660. The Hall–Kier alpha value is -3.30. The van der Waals surface area contributed by atoms with Crippen LogP contribution in [-0.4, -0.2) is 41.8 Å². The molecule has 1 aliphatic heterocycles. The fraction of sp³-hybridized carbons (Fsp3) is 0.333. The Labute approximate surface area is 142 Å². The van der Waals surface area contributed by atoms with Crippen molar-refractivity contribution in [2.75, 3.05) is 13.1 Å². The highest BCUT2D eigenvalue weighted by molar-refractivity contribution is 6.01. The van der Waals surface area contributed by atoms with Crippen LogP contribution in [0.15, 0.2) is 40.7 Å². The summed E-state index contributed by atoms with van der Waals surface area (Å²) in [6, 6.07) is 9.28. The largest absolute Gasteiger partial charge is 0.375 e. The molecule has 10 nitrogen and oxygen atoms in total. The summed E-state index contributed by atoms with van der Waals surface area (Å²) in [6.45, 7) is -0.629. The predicted molar refractivity (Wildman–Crippen MR) is 81.1 cm³/mol. The Balaban J connectivity index is 1.60. The standard InChI is InChI=1S/C15H16N4O6/c20-12(8-17-18-24-10-11-4-2-1-3-5-11)16-9-15(23)25-19-13(21)6-7-14(19)22/h1-5H,6-10H2,(H,16,20). The minimum atomic E-state index is -0.936. The summed E-state index contributed by atoms with van der Waals surface area (Å²) in [6.07, 6.45) is 0.00365. The van der Waals surface area contributed by atoms with Crippen molar-refractivity contribution >= 4 is 23.7 Å². The molecule has 1 saturated heterocycles. The number of amides is 3. The van der Waals surface area contributed by atoms with Gasteiger partial charge >= 0.3 is 5.97 Å². The third-order valence-electron chi connectivity index (χ3n) is 3.03. The second-order valence-corrected chi connectivity index (χ2v) is 4.96. The van der Waals surface area contributed by atoms with Crippen LogP contribution in [0.2, 0.25) is 0 Å². The quantitative estimate of drug-likeness (QED) is 0.409. The lowest BCUT2D eigenvalue weighted by Crippen LogP contribution is -2.38. The molecule has 0 bridgehead atoms. The summed E-state index contributed by atoms with van der Waals surface area (Å²) in [5.41, 5.74) is 0.902. The third kappa shape index (κ3) is 6.01. The van der Waals surface area contributed by atoms with E-state index >= 15 is 0 Å². The lowest BCUT2D eigenvalue weighted by Gasteiger charge is -2.12. The van der Waals surface area contributed by atoms with Crippen molar-refractivity contribution in [3.63, 3.8) is 0 Å². The minimum Gasteiger partial charge on any atom is -0.375 e. The lowest BCUT2D eigenvalue weighted by atomic mass is 10.2. The summed E-state index contributed by atoms with van der Waals surface area (Å²) in [7, 11) is 0. The molecule has 1 N–H and O–H groups in total. The zero-order chi connectivity index (χ0) is 18.1. The van der Waals surface area contributed by atoms with Gasteiger partial charge in [-0.1, -0.05) is 30.3 Å². The Morgan fingerprint density at radius 3 is 2.48 bits per heavy atom. The number of carbonyl (C=O) groups excluding carboxylic acids is 4. The normalized spacial score (nSPS) is 14.0. The van der Waals surface area contributed by atoms with Crippen LogP contribution in [0.1, 0.15) is 18.4 Å². The van der Waals surface area contributed by atoms with Crippen LogP contribution in [0.4, 0.5) is 0 Å². The van der Waals surface area contributed by atoms with Gasteiger partial charge in [0.1, 0.15) is 19.7 Å². The van der Waals surface area contributed by atoms with Crippen LogP contribution in [0.25, 0.3) is 0 Å². The number of benzene rings is 1. The van der Waals surface area contributed by atoms with Gasteiger partial charge in [0, 0.05) is 18.1 Å². The number of nitrogens with zero attached hydrogens (tertiary/aromatic N) is 3. The van der Waals surface area contributed by atoms with Gasteiger partial charge in [-0.2, -0.15) is 0 Å². The smallest absolute Gasteiger partial charge is 0.352 e. The molecule has 0 unspecified atom stereocenters. The maximum absolute atomic E-state index is 11.5. The third-order valence-corrected chi connectivity index (χ3v) is 3.03. The highest BCUT2D eigenvalue weighted by Gasteiger charge is 2.32. The topological polar surface area (TPSA) is 127 Å². The van der Waals surface area contributed by atoms with Crippen molar-refractivity contribution in [2.45, 2.75) is 19.4 Å². The molecule has 3 amide bonds. The summed E-state index contributed by atoms with van der Waals surface area (Å²) >= 11 is 0. The van der Waals surface area contributed by atoms with Gasteiger partial charge in [-0.3, -0.25) is 14.4 Å². The predicted octanol–water partition coefficient (Wildman–Crippen LogP) is 0.294. The van der Waals surface area contributed by atoms with Gasteiger partial charge in [0.05, 0.1) is 0 Å². The fourth-order valence-corrected chi connectivity index (χ4v) is 1.83. The first-order valence-electron chi connectivity index (χ1n) is 7.42. The molecule has 1 fully saturated rings. The van der Waals surface area contributed by atoms with Gasteiger partial charge in [0.2, 0.25) is 5.91 Å². The molecule has 0 aromatic heterocycles.